The SMILES string of the molecule is C=CC(N1CCN(c2ccc(F)cc2)CC1)S(=O)(=O)COP(=O)(CC)CC. The van der Waals surface area contributed by atoms with E-state index in [1.807, 2.05) is 4.90 Å². The van der Waals surface area contributed by atoms with Crippen molar-refractivity contribution in [3.05, 3.63) is 42.7 Å². The number of sulfone groups is 1. The fourth-order valence-corrected chi connectivity index (χ4v) is 6.32. The number of piperazine rings is 1. The predicted octanol–water partition coefficient (Wildman–Crippen LogP) is 3.17. The lowest BCUT2D eigenvalue weighted by molar-refractivity contribution is 0.254. The van der Waals surface area contributed by atoms with Gasteiger partial charge in [0.2, 0.25) is 7.37 Å². The van der Waals surface area contributed by atoms with Gasteiger partial charge in [-0.05, 0) is 24.3 Å². The first-order chi connectivity index (χ1) is 12.7. The Kier molecular flexibility index (Phi) is 7.63. The molecular weight excluding hydrogens is 390 g/mol. The van der Waals surface area contributed by atoms with Gasteiger partial charge in [-0.2, -0.15) is 0 Å². The minimum atomic E-state index is -3.67. The molecule has 1 aliphatic rings. The van der Waals surface area contributed by atoms with E-state index >= 15 is 0 Å². The molecule has 0 saturated carbocycles. The smallest absolute Gasteiger partial charge is 0.203 e. The van der Waals surface area contributed by atoms with Crippen molar-refractivity contribution in [2.24, 2.45) is 0 Å². The third-order valence-corrected chi connectivity index (χ3v) is 9.23. The predicted molar refractivity (Wildman–Crippen MR) is 108 cm³/mol. The lowest BCUT2D eigenvalue weighted by atomic mass is 10.2. The normalized spacial score (nSPS) is 17.7. The molecule has 0 spiro atoms. The summed E-state index contributed by atoms with van der Waals surface area (Å²) in [6.45, 7) is 9.42. The van der Waals surface area contributed by atoms with Crippen molar-refractivity contribution in [1.29, 1.82) is 0 Å². The molecular formula is C18H28FN2O4PS. The van der Waals surface area contributed by atoms with Crippen LogP contribution in [0.4, 0.5) is 10.1 Å². The van der Waals surface area contributed by atoms with Gasteiger partial charge in [-0.1, -0.05) is 19.9 Å². The highest BCUT2D eigenvalue weighted by Crippen LogP contribution is 2.46. The van der Waals surface area contributed by atoms with Crippen LogP contribution in [0.1, 0.15) is 13.8 Å². The van der Waals surface area contributed by atoms with Crippen molar-refractivity contribution in [2.45, 2.75) is 19.2 Å². The molecule has 0 N–H and O–H groups in total. The molecule has 1 aromatic carbocycles. The molecule has 0 bridgehead atoms. The molecule has 1 aliphatic heterocycles. The van der Waals surface area contributed by atoms with E-state index in [4.69, 9.17) is 4.52 Å². The van der Waals surface area contributed by atoms with Crippen LogP contribution < -0.4 is 4.90 Å². The van der Waals surface area contributed by atoms with Crippen molar-refractivity contribution in [2.75, 3.05) is 49.3 Å². The summed E-state index contributed by atoms with van der Waals surface area (Å²) in [4.78, 5) is 3.91. The summed E-state index contributed by atoms with van der Waals surface area (Å²) in [6.07, 6.45) is 2.03. The Morgan fingerprint density at radius 3 is 2.22 bits per heavy atom. The van der Waals surface area contributed by atoms with E-state index in [0.717, 1.165) is 5.69 Å². The number of benzene rings is 1. The maximum Gasteiger partial charge on any atom is 0.203 e. The van der Waals surface area contributed by atoms with Crippen molar-refractivity contribution < 1.29 is 21.9 Å². The quantitative estimate of drug-likeness (QED) is 0.453. The Labute approximate surface area is 161 Å². The molecule has 0 aliphatic carbocycles. The largest absolute Gasteiger partial charge is 0.369 e. The van der Waals surface area contributed by atoms with E-state index in [1.165, 1.54) is 18.2 Å². The molecule has 0 aromatic heterocycles. The molecule has 2 rings (SSSR count). The molecule has 9 heteroatoms. The lowest BCUT2D eigenvalue weighted by Crippen LogP contribution is -2.52. The topological polar surface area (TPSA) is 66.9 Å². The molecule has 1 aromatic rings. The summed E-state index contributed by atoms with van der Waals surface area (Å²) in [5, 5.41) is -0.880. The van der Waals surface area contributed by atoms with E-state index in [2.05, 4.69) is 11.5 Å². The van der Waals surface area contributed by atoms with E-state index in [0.29, 0.717) is 38.5 Å². The summed E-state index contributed by atoms with van der Waals surface area (Å²) in [5.74, 6) is -0.854. The number of nitrogens with zero attached hydrogens (tertiary/aromatic N) is 2. The second-order valence-corrected chi connectivity index (χ2v) is 11.7. The molecule has 1 heterocycles. The third kappa shape index (κ3) is 5.64. The molecule has 0 radical (unpaired) electrons. The van der Waals surface area contributed by atoms with Gasteiger partial charge in [-0.3, -0.25) is 9.46 Å². The molecule has 1 unspecified atom stereocenters. The van der Waals surface area contributed by atoms with Crippen molar-refractivity contribution in [3.8, 4) is 0 Å². The summed E-state index contributed by atoms with van der Waals surface area (Å²) < 4.78 is 56.2. The summed E-state index contributed by atoms with van der Waals surface area (Å²) in [5.41, 5.74) is 0.907. The monoisotopic (exact) mass is 418 g/mol. The molecule has 27 heavy (non-hydrogen) atoms. The zero-order valence-electron chi connectivity index (χ0n) is 15.9. The van der Waals surface area contributed by atoms with Crippen LogP contribution in [0.2, 0.25) is 0 Å². The molecule has 6 nitrogen and oxygen atoms in total. The Bertz CT molecular complexity index is 769. The number of anilines is 1. The number of hydrogen-bond donors (Lipinski definition) is 0. The Morgan fingerprint density at radius 2 is 1.74 bits per heavy atom. The minimum Gasteiger partial charge on any atom is -0.369 e. The number of hydrogen-bond acceptors (Lipinski definition) is 6. The van der Waals surface area contributed by atoms with Crippen LogP contribution in [-0.2, 0) is 18.9 Å². The highest BCUT2D eigenvalue weighted by molar-refractivity contribution is 7.92. The second-order valence-electron chi connectivity index (χ2n) is 6.48. The van der Waals surface area contributed by atoms with Gasteiger partial charge in [0.1, 0.15) is 11.2 Å². The highest BCUT2D eigenvalue weighted by Gasteiger charge is 2.33. The van der Waals surface area contributed by atoms with Gasteiger partial charge in [0, 0.05) is 44.2 Å². The second kappa shape index (κ2) is 9.32. The van der Waals surface area contributed by atoms with Gasteiger partial charge in [-0.25, -0.2) is 12.8 Å². The molecule has 1 atom stereocenters. The molecule has 152 valence electrons. The van der Waals surface area contributed by atoms with Crippen LogP contribution in [0, 0.1) is 5.82 Å². The highest BCUT2D eigenvalue weighted by atomic mass is 32.2. The van der Waals surface area contributed by atoms with E-state index in [1.54, 1.807) is 26.0 Å². The third-order valence-electron chi connectivity index (χ3n) is 4.85. The fraction of sp³-hybridized carbons (Fsp3) is 0.556. The minimum absolute atomic E-state index is 0.286. The Morgan fingerprint density at radius 1 is 1.19 bits per heavy atom. The van der Waals surface area contributed by atoms with E-state index in [-0.39, 0.29) is 5.82 Å². The van der Waals surface area contributed by atoms with Gasteiger partial charge < -0.3 is 9.42 Å². The zero-order chi connectivity index (χ0) is 20.1. The first-order valence-electron chi connectivity index (χ1n) is 9.06. The van der Waals surface area contributed by atoms with Crippen LogP contribution in [0.3, 0.4) is 0 Å². The first kappa shape index (κ1) is 22.1. The standard InChI is InChI=1S/C18H28FN2O4PS/c1-4-18(27(23,24)15-25-26(22,5-2)6-3)21-13-11-20(12-14-21)17-9-7-16(19)8-10-17/h4,7-10,18H,1,5-6,11-15H2,2-3H3. The van der Waals surface area contributed by atoms with Gasteiger partial charge in [0.05, 0.1) is 0 Å². The van der Waals surface area contributed by atoms with Crippen molar-refractivity contribution in [1.82, 2.24) is 4.90 Å². The molecule has 1 saturated heterocycles. The Hall–Kier alpha value is -1.21. The maximum absolute atomic E-state index is 13.1. The van der Waals surface area contributed by atoms with E-state index in [9.17, 15) is 17.4 Å². The van der Waals surface area contributed by atoms with Gasteiger partial charge >= 0.3 is 0 Å². The average molecular weight is 418 g/mol. The molecule has 1 fully saturated rings. The summed E-state index contributed by atoms with van der Waals surface area (Å²) in [7, 11) is -6.56. The van der Waals surface area contributed by atoms with Crippen LogP contribution in [0.15, 0.2) is 36.9 Å². The zero-order valence-corrected chi connectivity index (χ0v) is 17.6. The molecule has 0 amide bonds. The van der Waals surface area contributed by atoms with Crippen LogP contribution in [0.25, 0.3) is 0 Å². The van der Waals surface area contributed by atoms with Crippen LogP contribution in [-0.4, -0.2) is 63.1 Å². The maximum atomic E-state index is 13.1. The van der Waals surface area contributed by atoms with E-state index < -0.39 is 28.5 Å². The van der Waals surface area contributed by atoms with Crippen molar-refractivity contribution >= 4 is 22.9 Å². The van der Waals surface area contributed by atoms with Crippen LogP contribution >= 0.6 is 7.37 Å². The van der Waals surface area contributed by atoms with Gasteiger partial charge in [0.25, 0.3) is 0 Å². The number of halogens is 1. The first-order valence-corrected chi connectivity index (χ1v) is 12.8. The van der Waals surface area contributed by atoms with Crippen LogP contribution in [0.5, 0.6) is 0 Å². The average Bonchev–Trinajstić information content (AvgIpc) is 2.68. The van der Waals surface area contributed by atoms with Gasteiger partial charge in [0.15, 0.2) is 15.8 Å². The summed E-state index contributed by atoms with van der Waals surface area (Å²) >= 11 is 0. The fourth-order valence-electron chi connectivity index (χ4n) is 3.05. The lowest BCUT2D eigenvalue weighted by Gasteiger charge is -2.39. The van der Waals surface area contributed by atoms with Crippen molar-refractivity contribution in [3.63, 3.8) is 0 Å². The van der Waals surface area contributed by atoms with Gasteiger partial charge in [-0.15, -0.1) is 6.58 Å². The number of rotatable bonds is 9. The summed E-state index contributed by atoms with van der Waals surface area (Å²) in [6, 6.07) is 6.26. The Balaban J connectivity index is 2.00.